The molecule has 1 aliphatic rings. The molecule has 0 saturated carbocycles. The number of furan rings is 1. The van der Waals surface area contributed by atoms with Crippen molar-refractivity contribution in [3.8, 4) is 0 Å². The van der Waals surface area contributed by atoms with Gasteiger partial charge in [0.2, 0.25) is 10.9 Å². The lowest BCUT2D eigenvalue weighted by Crippen LogP contribution is -2.31. The Hall–Kier alpha value is -3.99. The number of halogens is 2. The van der Waals surface area contributed by atoms with Crippen molar-refractivity contribution in [2.24, 2.45) is 0 Å². The highest BCUT2D eigenvalue weighted by atomic mass is 35.5. The predicted molar refractivity (Wildman–Crippen MR) is 148 cm³/mol. The van der Waals surface area contributed by atoms with Gasteiger partial charge in [0.25, 0.3) is 5.91 Å². The Labute approximate surface area is 234 Å². The summed E-state index contributed by atoms with van der Waals surface area (Å²) in [4.78, 5) is 28.4. The fourth-order valence-electron chi connectivity index (χ4n) is 4.34. The Balaban J connectivity index is 1.36. The molecule has 39 heavy (non-hydrogen) atoms. The van der Waals surface area contributed by atoms with Gasteiger partial charge in [0.15, 0.2) is 15.9 Å². The van der Waals surface area contributed by atoms with Crippen LogP contribution in [0, 0.1) is 5.82 Å². The quantitative estimate of drug-likeness (QED) is 0.125. The first-order valence-electron chi connectivity index (χ1n) is 11.7. The lowest BCUT2D eigenvalue weighted by molar-refractivity contribution is -0.117. The second kappa shape index (κ2) is 10.3. The number of rotatable bonds is 7. The first kappa shape index (κ1) is 25.3. The number of thioether (sulfide) groups is 1. The normalized spacial score (nSPS) is 15.5. The third-order valence-electron chi connectivity index (χ3n) is 6.14. The van der Waals surface area contributed by atoms with Crippen molar-refractivity contribution < 1.29 is 23.5 Å². The van der Waals surface area contributed by atoms with E-state index in [0.29, 0.717) is 31.6 Å². The summed E-state index contributed by atoms with van der Waals surface area (Å²) in [5, 5.41) is 20.7. The number of carbonyl (C=O) groups is 2. The van der Waals surface area contributed by atoms with Crippen LogP contribution in [0.3, 0.4) is 0 Å². The molecule has 194 valence electrons. The zero-order valence-electron chi connectivity index (χ0n) is 19.9. The van der Waals surface area contributed by atoms with Crippen molar-refractivity contribution in [3.63, 3.8) is 0 Å². The second-order valence-corrected chi connectivity index (χ2v) is 11.3. The molecule has 1 unspecified atom stereocenters. The van der Waals surface area contributed by atoms with Crippen molar-refractivity contribution in [3.05, 3.63) is 118 Å². The highest BCUT2D eigenvalue weighted by molar-refractivity contribution is 8.00. The van der Waals surface area contributed by atoms with Gasteiger partial charge in [0, 0.05) is 16.2 Å². The molecule has 0 radical (unpaired) electrons. The average molecular weight is 578 g/mol. The molecule has 1 aliphatic heterocycles. The van der Waals surface area contributed by atoms with Gasteiger partial charge >= 0.3 is 0 Å². The number of aliphatic hydroxyl groups excluding tert-OH is 1. The molecule has 2 aromatic heterocycles. The van der Waals surface area contributed by atoms with Gasteiger partial charge < -0.3 is 9.52 Å². The standard InChI is InChI=1S/C28H17ClFN3O4S2/c29-18-6-3-5-17(12-18)23-22(24(34)21-13-16-4-1-2-7-20(16)37-21)25(35)26(36)33(23)27-31-32-28(39-27)38-14-15-8-10-19(30)11-9-15/h1-13,23,35H,14H2. The number of Topliss-reactive ketones (excluding diaryl/α,β-unsaturated/α-hetero) is 1. The molecule has 0 aliphatic carbocycles. The second-order valence-electron chi connectivity index (χ2n) is 8.64. The zero-order chi connectivity index (χ0) is 27.1. The van der Waals surface area contributed by atoms with Crippen LogP contribution in [-0.4, -0.2) is 27.0 Å². The molecular weight excluding hydrogens is 561 g/mol. The number of ketones is 1. The molecule has 1 N–H and O–H groups in total. The molecule has 6 rings (SSSR count). The maximum absolute atomic E-state index is 13.7. The van der Waals surface area contributed by atoms with Crippen LogP contribution in [0.4, 0.5) is 9.52 Å². The fourth-order valence-corrected chi connectivity index (χ4v) is 6.36. The Morgan fingerprint density at radius 2 is 1.87 bits per heavy atom. The number of para-hydroxylation sites is 1. The fraction of sp³-hybridized carbons (Fsp3) is 0.0714. The van der Waals surface area contributed by atoms with Gasteiger partial charge in [-0.05, 0) is 47.5 Å². The number of amides is 1. The smallest absolute Gasteiger partial charge is 0.296 e. The lowest BCUT2D eigenvalue weighted by atomic mass is 9.95. The number of anilines is 1. The van der Waals surface area contributed by atoms with Crippen LogP contribution in [0.2, 0.25) is 5.02 Å². The Morgan fingerprint density at radius 3 is 2.64 bits per heavy atom. The van der Waals surface area contributed by atoms with Gasteiger partial charge in [-0.3, -0.25) is 14.5 Å². The number of benzene rings is 3. The van der Waals surface area contributed by atoms with Gasteiger partial charge in [-0.25, -0.2) is 4.39 Å². The Morgan fingerprint density at radius 1 is 1.08 bits per heavy atom. The van der Waals surface area contributed by atoms with Crippen molar-refractivity contribution in [1.29, 1.82) is 0 Å². The van der Waals surface area contributed by atoms with E-state index in [2.05, 4.69) is 10.2 Å². The van der Waals surface area contributed by atoms with E-state index in [1.807, 2.05) is 6.07 Å². The molecule has 0 bridgehead atoms. The number of hydrogen-bond acceptors (Lipinski definition) is 8. The zero-order valence-corrected chi connectivity index (χ0v) is 22.3. The molecule has 1 amide bonds. The lowest BCUT2D eigenvalue weighted by Gasteiger charge is -2.23. The number of nitrogens with zero attached hydrogens (tertiary/aromatic N) is 3. The van der Waals surface area contributed by atoms with Crippen molar-refractivity contribution >= 4 is 62.5 Å². The van der Waals surface area contributed by atoms with E-state index in [4.69, 9.17) is 16.0 Å². The average Bonchev–Trinajstić information content (AvgIpc) is 3.64. The monoisotopic (exact) mass is 577 g/mol. The maximum atomic E-state index is 13.7. The predicted octanol–water partition coefficient (Wildman–Crippen LogP) is 7.15. The molecule has 3 aromatic carbocycles. The van der Waals surface area contributed by atoms with E-state index in [1.54, 1.807) is 60.7 Å². The number of carbonyl (C=O) groups excluding carboxylic acids is 2. The van der Waals surface area contributed by atoms with Gasteiger partial charge in [0.1, 0.15) is 11.4 Å². The Bertz CT molecular complexity index is 1730. The van der Waals surface area contributed by atoms with Crippen molar-refractivity contribution in [1.82, 2.24) is 10.2 Å². The van der Waals surface area contributed by atoms with Crippen LogP contribution in [0.15, 0.2) is 99.0 Å². The van der Waals surface area contributed by atoms with Crippen LogP contribution < -0.4 is 4.90 Å². The van der Waals surface area contributed by atoms with E-state index in [0.717, 1.165) is 16.9 Å². The molecule has 5 aromatic rings. The largest absolute Gasteiger partial charge is 0.503 e. The minimum absolute atomic E-state index is 0.00719. The minimum atomic E-state index is -1.01. The summed E-state index contributed by atoms with van der Waals surface area (Å²) in [7, 11) is 0. The summed E-state index contributed by atoms with van der Waals surface area (Å²) < 4.78 is 19.5. The molecule has 7 nitrogen and oxygen atoms in total. The van der Waals surface area contributed by atoms with Crippen LogP contribution in [0.25, 0.3) is 11.0 Å². The maximum Gasteiger partial charge on any atom is 0.296 e. The number of fused-ring (bicyclic) bond motifs is 1. The van der Waals surface area contributed by atoms with Gasteiger partial charge in [0.05, 0.1) is 11.6 Å². The van der Waals surface area contributed by atoms with Gasteiger partial charge in [-0.2, -0.15) is 0 Å². The topological polar surface area (TPSA) is 96.5 Å². The SMILES string of the molecule is O=C(C1=C(O)C(=O)N(c2nnc(SCc3ccc(F)cc3)s2)C1c1cccc(Cl)c1)c1cc2ccccc2o1. The van der Waals surface area contributed by atoms with Crippen LogP contribution >= 0.6 is 34.7 Å². The third kappa shape index (κ3) is 4.82. The number of aromatic nitrogens is 2. The molecule has 1 atom stereocenters. The third-order valence-corrected chi connectivity index (χ3v) is 8.51. The van der Waals surface area contributed by atoms with Crippen LogP contribution in [-0.2, 0) is 10.5 Å². The minimum Gasteiger partial charge on any atom is -0.503 e. The summed E-state index contributed by atoms with van der Waals surface area (Å²) in [6.07, 6.45) is 0. The summed E-state index contributed by atoms with van der Waals surface area (Å²) >= 11 is 8.78. The molecule has 3 heterocycles. The van der Waals surface area contributed by atoms with Gasteiger partial charge in [-0.15, -0.1) is 10.2 Å². The summed E-state index contributed by atoms with van der Waals surface area (Å²) in [6.45, 7) is 0. The molecule has 0 saturated heterocycles. The van der Waals surface area contributed by atoms with E-state index in [9.17, 15) is 19.1 Å². The summed E-state index contributed by atoms with van der Waals surface area (Å²) in [6, 6.07) is 20.5. The van der Waals surface area contributed by atoms with E-state index in [-0.39, 0.29) is 22.3 Å². The van der Waals surface area contributed by atoms with E-state index < -0.39 is 23.5 Å². The van der Waals surface area contributed by atoms with Crippen molar-refractivity contribution in [2.45, 2.75) is 16.1 Å². The first-order valence-corrected chi connectivity index (χ1v) is 13.8. The number of hydrogen-bond donors (Lipinski definition) is 1. The molecule has 0 spiro atoms. The highest BCUT2D eigenvalue weighted by Gasteiger charge is 2.46. The van der Waals surface area contributed by atoms with Gasteiger partial charge in [-0.1, -0.05) is 77.2 Å². The first-order chi connectivity index (χ1) is 18.9. The Kier molecular flexibility index (Phi) is 6.68. The van der Waals surface area contributed by atoms with Crippen LogP contribution in [0.1, 0.15) is 27.7 Å². The summed E-state index contributed by atoms with van der Waals surface area (Å²) in [5.74, 6) is -1.92. The van der Waals surface area contributed by atoms with Crippen molar-refractivity contribution in [2.75, 3.05) is 4.90 Å². The highest BCUT2D eigenvalue weighted by Crippen LogP contribution is 2.44. The van der Waals surface area contributed by atoms with Crippen LogP contribution in [0.5, 0.6) is 0 Å². The number of aliphatic hydroxyl groups is 1. The van der Waals surface area contributed by atoms with E-state index in [1.165, 1.54) is 28.8 Å². The molecule has 11 heteroatoms. The molecular formula is C28H17ClFN3O4S2. The summed E-state index contributed by atoms with van der Waals surface area (Å²) in [5.41, 5.74) is 1.77. The molecule has 0 fully saturated rings. The van der Waals surface area contributed by atoms with E-state index >= 15 is 0 Å².